The van der Waals surface area contributed by atoms with Gasteiger partial charge in [0.25, 0.3) is 0 Å². The number of carboxylic acid groups (broad SMARTS) is 1. The van der Waals surface area contributed by atoms with Gasteiger partial charge in [-0.25, -0.2) is 4.79 Å². The number of aromatic amines is 1. The molecule has 1 atom stereocenters. The molecule has 2 N–H and O–H groups in total. The minimum absolute atomic E-state index is 0.212. The van der Waals surface area contributed by atoms with E-state index in [0.717, 1.165) is 24.1 Å². The van der Waals surface area contributed by atoms with E-state index < -0.39 is 5.97 Å². The lowest BCUT2D eigenvalue weighted by Crippen LogP contribution is -2.10. The van der Waals surface area contributed by atoms with Gasteiger partial charge in [-0.05, 0) is 11.6 Å². The molecule has 2 rings (SSSR count). The van der Waals surface area contributed by atoms with Gasteiger partial charge in [0.1, 0.15) is 5.69 Å². The molecule has 1 aromatic heterocycles. The van der Waals surface area contributed by atoms with Gasteiger partial charge in [-0.2, -0.15) is 0 Å². The number of carboxylic acids is 1. The van der Waals surface area contributed by atoms with Crippen molar-refractivity contribution in [2.75, 3.05) is 7.11 Å². The van der Waals surface area contributed by atoms with Gasteiger partial charge >= 0.3 is 5.97 Å². The van der Waals surface area contributed by atoms with Gasteiger partial charge in [0, 0.05) is 25.6 Å². The summed E-state index contributed by atoms with van der Waals surface area (Å²) in [5.74, 6) is -0.900. The molecule has 0 saturated heterocycles. The maximum atomic E-state index is 10.6. The van der Waals surface area contributed by atoms with Crippen LogP contribution in [0, 0.1) is 0 Å². The molecule has 0 unspecified atom stereocenters. The molecule has 0 aromatic carbocycles. The van der Waals surface area contributed by atoms with Crippen molar-refractivity contribution in [3.63, 3.8) is 0 Å². The summed E-state index contributed by atoms with van der Waals surface area (Å²) in [5.41, 5.74) is 2.35. The number of rotatable bonds is 2. The van der Waals surface area contributed by atoms with Gasteiger partial charge in [-0.1, -0.05) is 0 Å². The van der Waals surface area contributed by atoms with E-state index in [1.54, 1.807) is 13.2 Å². The SMILES string of the molecule is CO[C@@H]1Cc2cc(C(=O)O)[nH]c2C1. The second-order valence-corrected chi connectivity index (χ2v) is 3.26. The Morgan fingerprint density at radius 3 is 3.00 bits per heavy atom. The molecule has 4 nitrogen and oxygen atoms in total. The highest BCUT2D eigenvalue weighted by molar-refractivity contribution is 5.86. The monoisotopic (exact) mass is 181 g/mol. The summed E-state index contributed by atoms with van der Waals surface area (Å²) >= 11 is 0. The normalized spacial score (nSPS) is 20.2. The van der Waals surface area contributed by atoms with Crippen LogP contribution in [0.3, 0.4) is 0 Å². The minimum Gasteiger partial charge on any atom is -0.477 e. The Hall–Kier alpha value is -1.29. The average Bonchev–Trinajstić information content (AvgIpc) is 2.58. The zero-order valence-corrected chi connectivity index (χ0v) is 7.33. The number of fused-ring (bicyclic) bond motifs is 1. The Kier molecular flexibility index (Phi) is 1.84. The highest BCUT2D eigenvalue weighted by Crippen LogP contribution is 2.24. The van der Waals surface area contributed by atoms with Gasteiger partial charge in [0.2, 0.25) is 0 Å². The molecule has 1 aliphatic rings. The molecule has 0 spiro atoms. The summed E-state index contributed by atoms with van der Waals surface area (Å²) in [6.07, 6.45) is 1.82. The van der Waals surface area contributed by atoms with E-state index in [2.05, 4.69) is 4.98 Å². The summed E-state index contributed by atoms with van der Waals surface area (Å²) in [7, 11) is 1.68. The first-order valence-corrected chi connectivity index (χ1v) is 4.17. The third kappa shape index (κ3) is 1.33. The van der Waals surface area contributed by atoms with Gasteiger partial charge in [-0.15, -0.1) is 0 Å². The molecule has 1 heterocycles. The van der Waals surface area contributed by atoms with Gasteiger partial charge in [-0.3, -0.25) is 0 Å². The molecular weight excluding hydrogens is 170 g/mol. The largest absolute Gasteiger partial charge is 0.477 e. The van der Waals surface area contributed by atoms with Crippen LogP contribution in [0.5, 0.6) is 0 Å². The molecule has 0 fully saturated rings. The number of ether oxygens (including phenoxy) is 1. The molecule has 4 heteroatoms. The van der Waals surface area contributed by atoms with E-state index in [4.69, 9.17) is 9.84 Å². The number of methoxy groups -OCH3 is 1. The predicted octanol–water partition coefficient (Wildman–Crippen LogP) is 0.827. The van der Waals surface area contributed by atoms with Crippen LogP contribution in [0.25, 0.3) is 0 Å². The average molecular weight is 181 g/mol. The van der Waals surface area contributed by atoms with Crippen LogP contribution in [0.2, 0.25) is 0 Å². The molecule has 1 aromatic rings. The molecule has 13 heavy (non-hydrogen) atoms. The number of hydrogen-bond donors (Lipinski definition) is 2. The molecule has 0 bridgehead atoms. The van der Waals surface area contributed by atoms with Crippen molar-refractivity contribution in [1.29, 1.82) is 0 Å². The van der Waals surface area contributed by atoms with Crippen LogP contribution in [-0.4, -0.2) is 29.3 Å². The second kappa shape index (κ2) is 2.88. The van der Waals surface area contributed by atoms with Crippen molar-refractivity contribution < 1.29 is 14.6 Å². The summed E-state index contributed by atoms with van der Waals surface area (Å²) in [5, 5.41) is 8.70. The maximum absolute atomic E-state index is 10.6. The number of aromatic nitrogens is 1. The van der Waals surface area contributed by atoms with Crippen LogP contribution in [0.4, 0.5) is 0 Å². The zero-order chi connectivity index (χ0) is 9.42. The highest BCUT2D eigenvalue weighted by Gasteiger charge is 2.24. The number of nitrogens with one attached hydrogen (secondary N) is 1. The number of carbonyl (C=O) groups is 1. The quantitative estimate of drug-likeness (QED) is 0.710. The molecular formula is C9H11NO3. The van der Waals surface area contributed by atoms with Crippen molar-refractivity contribution >= 4 is 5.97 Å². The number of hydrogen-bond acceptors (Lipinski definition) is 2. The Morgan fingerprint density at radius 1 is 1.69 bits per heavy atom. The third-order valence-electron chi connectivity index (χ3n) is 2.43. The van der Waals surface area contributed by atoms with Crippen LogP contribution in [-0.2, 0) is 17.6 Å². The van der Waals surface area contributed by atoms with E-state index in [-0.39, 0.29) is 11.8 Å². The van der Waals surface area contributed by atoms with E-state index >= 15 is 0 Å². The summed E-state index contributed by atoms with van der Waals surface area (Å²) in [6.45, 7) is 0. The van der Waals surface area contributed by atoms with Crippen LogP contribution >= 0.6 is 0 Å². The highest BCUT2D eigenvalue weighted by atomic mass is 16.5. The molecule has 70 valence electrons. The van der Waals surface area contributed by atoms with Crippen LogP contribution in [0.15, 0.2) is 6.07 Å². The number of H-pyrrole nitrogens is 1. The molecule has 0 aliphatic heterocycles. The first kappa shape index (κ1) is 8.31. The standard InChI is InChI=1S/C9H11NO3/c1-13-6-2-5-3-8(9(11)12)10-7(5)4-6/h3,6,10H,2,4H2,1H3,(H,11,12)/t6-/m1/s1. The fourth-order valence-electron chi connectivity index (χ4n) is 1.73. The van der Waals surface area contributed by atoms with E-state index in [0.29, 0.717) is 0 Å². The van der Waals surface area contributed by atoms with Crippen molar-refractivity contribution in [3.05, 3.63) is 23.0 Å². The predicted molar refractivity (Wildman–Crippen MR) is 46.0 cm³/mol. The Bertz CT molecular complexity index is 319. The fourth-order valence-corrected chi connectivity index (χ4v) is 1.73. The maximum Gasteiger partial charge on any atom is 0.352 e. The lowest BCUT2D eigenvalue weighted by Gasteiger charge is -2.04. The first-order chi connectivity index (χ1) is 6.20. The molecule has 0 radical (unpaired) electrons. The molecule has 0 saturated carbocycles. The minimum atomic E-state index is -0.900. The van der Waals surface area contributed by atoms with Crippen molar-refractivity contribution in [2.45, 2.75) is 18.9 Å². The van der Waals surface area contributed by atoms with Gasteiger partial charge in [0.15, 0.2) is 0 Å². The van der Waals surface area contributed by atoms with Crippen LogP contribution < -0.4 is 0 Å². The van der Waals surface area contributed by atoms with Crippen molar-refractivity contribution in [2.24, 2.45) is 0 Å². The van der Waals surface area contributed by atoms with Crippen molar-refractivity contribution in [1.82, 2.24) is 4.98 Å². The Labute approximate surface area is 75.5 Å². The zero-order valence-electron chi connectivity index (χ0n) is 7.33. The Morgan fingerprint density at radius 2 is 2.46 bits per heavy atom. The second-order valence-electron chi connectivity index (χ2n) is 3.26. The lowest BCUT2D eigenvalue weighted by atomic mass is 10.2. The fraction of sp³-hybridized carbons (Fsp3) is 0.444. The summed E-state index contributed by atoms with van der Waals surface area (Å²) in [4.78, 5) is 13.5. The molecule has 1 aliphatic carbocycles. The summed E-state index contributed by atoms with van der Waals surface area (Å²) in [6, 6.07) is 1.69. The Balaban J connectivity index is 2.23. The summed E-state index contributed by atoms with van der Waals surface area (Å²) < 4.78 is 5.18. The topological polar surface area (TPSA) is 62.3 Å². The van der Waals surface area contributed by atoms with E-state index in [9.17, 15) is 4.79 Å². The third-order valence-corrected chi connectivity index (χ3v) is 2.43. The molecule has 0 amide bonds. The van der Waals surface area contributed by atoms with Crippen molar-refractivity contribution in [3.8, 4) is 0 Å². The smallest absolute Gasteiger partial charge is 0.352 e. The lowest BCUT2D eigenvalue weighted by molar-refractivity contribution is 0.0690. The number of aromatic carboxylic acids is 1. The van der Waals surface area contributed by atoms with Gasteiger partial charge in [0.05, 0.1) is 6.10 Å². The van der Waals surface area contributed by atoms with E-state index in [1.807, 2.05) is 0 Å². The van der Waals surface area contributed by atoms with Gasteiger partial charge < -0.3 is 14.8 Å². The first-order valence-electron chi connectivity index (χ1n) is 4.17. The van der Waals surface area contributed by atoms with E-state index in [1.165, 1.54) is 0 Å². The van der Waals surface area contributed by atoms with Crippen LogP contribution in [0.1, 0.15) is 21.7 Å².